The maximum atomic E-state index is 5.36. The lowest BCUT2D eigenvalue weighted by molar-refractivity contribution is 0.0870. The molecule has 16 heavy (non-hydrogen) atoms. The van der Waals surface area contributed by atoms with E-state index in [1.807, 2.05) is 0 Å². The quantitative estimate of drug-likeness (QED) is 0.776. The fourth-order valence-electron chi connectivity index (χ4n) is 3.17. The molecule has 4 unspecified atom stereocenters. The molecule has 0 aromatic heterocycles. The van der Waals surface area contributed by atoms with Crippen LogP contribution < -0.4 is 5.32 Å². The number of nitrogens with one attached hydrogen (secondary N) is 1. The first-order chi connectivity index (χ1) is 7.72. The molecule has 0 heterocycles. The van der Waals surface area contributed by atoms with E-state index in [-0.39, 0.29) is 0 Å². The van der Waals surface area contributed by atoms with Crippen LogP contribution in [-0.2, 0) is 4.74 Å². The second-order valence-electron chi connectivity index (χ2n) is 5.80. The molecule has 2 nitrogen and oxygen atoms in total. The van der Waals surface area contributed by atoms with Crippen LogP contribution in [0.25, 0.3) is 0 Å². The fraction of sp³-hybridized carbons (Fsp3) is 1.00. The first kappa shape index (κ1) is 12.4. The minimum atomic E-state index is 0.326. The van der Waals surface area contributed by atoms with Crippen LogP contribution in [0.5, 0.6) is 0 Å². The molecule has 0 saturated heterocycles. The Kier molecular flexibility index (Phi) is 4.26. The lowest BCUT2D eigenvalue weighted by atomic mass is 9.85. The van der Waals surface area contributed by atoms with E-state index in [9.17, 15) is 0 Å². The third kappa shape index (κ3) is 2.98. The molecule has 2 heteroatoms. The molecule has 1 N–H and O–H groups in total. The van der Waals surface area contributed by atoms with Crippen LogP contribution in [0.1, 0.15) is 52.4 Å². The monoisotopic (exact) mass is 225 g/mol. The SMILES string of the molecule is COC(C)C(C)NC1CC1C1CCCCC1. The lowest BCUT2D eigenvalue weighted by Crippen LogP contribution is -2.39. The summed E-state index contributed by atoms with van der Waals surface area (Å²) in [6.45, 7) is 4.39. The Hall–Kier alpha value is -0.0800. The van der Waals surface area contributed by atoms with Crippen LogP contribution in [-0.4, -0.2) is 25.3 Å². The molecule has 2 aliphatic rings. The summed E-state index contributed by atoms with van der Waals surface area (Å²) in [7, 11) is 1.80. The van der Waals surface area contributed by atoms with Gasteiger partial charge in [0.2, 0.25) is 0 Å². The maximum Gasteiger partial charge on any atom is 0.0693 e. The van der Waals surface area contributed by atoms with Crippen LogP contribution in [0.15, 0.2) is 0 Å². The van der Waals surface area contributed by atoms with Gasteiger partial charge in [-0.2, -0.15) is 0 Å². The summed E-state index contributed by atoms with van der Waals surface area (Å²) in [5.74, 6) is 2.00. The molecular weight excluding hydrogens is 198 g/mol. The first-order valence-corrected chi connectivity index (χ1v) is 7.01. The minimum absolute atomic E-state index is 0.326. The molecule has 2 aliphatic carbocycles. The van der Waals surface area contributed by atoms with Gasteiger partial charge in [-0.05, 0) is 32.1 Å². The summed E-state index contributed by atoms with van der Waals surface area (Å²) in [5.41, 5.74) is 0. The Labute approximate surface area is 100 Å². The number of methoxy groups -OCH3 is 1. The van der Waals surface area contributed by atoms with Crippen LogP contribution >= 0.6 is 0 Å². The molecule has 0 bridgehead atoms. The summed E-state index contributed by atoms with van der Waals surface area (Å²) in [6.07, 6.45) is 9.11. The zero-order chi connectivity index (χ0) is 11.5. The smallest absolute Gasteiger partial charge is 0.0693 e. The molecule has 2 rings (SSSR count). The zero-order valence-corrected chi connectivity index (χ0v) is 11.0. The van der Waals surface area contributed by atoms with Gasteiger partial charge < -0.3 is 10.1 Å². The third-order valence-electron chi connectivity index (χ3n) is 4.65. The molecule has 2 saturated carbocycles. The summed E-state index contributed by atoms with van der Waals surface area (Å²) < 4.78 is 5.36. The van der Waals surface area contributed by atoms with Crippen LogP contribution in [0, 0.1) is 11.8 Å². The Bertz CT molecular complexity index is 213. The number of rotatable bonds is 5. The molecule has 0 aromatic rings. The predicted molar refractivity (Wildman–Crippen MR) is 67.5 cm³/mol. The Morgan fingerprint density at radius 2 is 1.81 bits per heavy atom. The topological polar surface area (TPSA) is 21.3 Å². The molecule has 0 radical (unpaired) electrons. The largest absolute Gasteiger partial charge is 0.380 e. The van der Waals surface area contributed by atoms with Crippen molar-refractivity contribution in [2.24, 2.45) is 11.8 Å². The van der Waals surface area contributed by atoms with Crippen LogP contribution in [0.3, 0.4) is 0 Å². The molecule has 0 spiro atoms. The second kappa shape index (κ2) is 5.50. The van der Waals surface area contributed by atoms with Gasteiger partial charge in [-0.15, -0.1) is 0 Å². The van der Waals surface area contributed by atoms with E-state index in [4.69, 9.17) is 4.74 Å². The van der Waals surface area contributed by atoms with Crippen molar-refractivity contribution in [1.29, 1.82) is 0 Å². The normalized spacial score (nSPS) is 34.7. The summed E-state index contributed by atoms with van der Waals surface area (Å²) in [5, 5.41) is 3.73. The predicted octanol–water partition coefficient (Wildman–Crippen LogP) is 2.97. The van der Waals surface area contributed by atoms with Gasteiger partial charge in [-0.25, -0.2) is 0 Å². The fourth-order valence-corrected chi connectivity index (χ4v) is 3.17. The van der Waals surface area contributed by atoms with E-state index >= 15 is 0 Å². The highest BCUT2D eigenvalue weighted by atomic mass is 16.5. The van der Waals surface area contributed by atoms with E-state index in [2.05, 4.69) is 19.2 Å². The highest BCUT2D eigenvalue weighted by molar-refractivity contribution is 4.99. The van der Waals surface area contributed by atoms with Gasteiger partial charge in [0.05, 0.1) is 6.10 Å². The summed E-state index contributed by atoms with van der Waals surface area (Å²) in [6, 6.07) is 1.28. The molecule has 0 aliphatic heterocycles. The van der Waals surface area contributed by atoms with Crippen molar-refractivity contribution in [1.82, 2.24) is 5.32 Å². The molecular formula is C14H27NO. The maximum absolute atomic E-state index is 5.36. The standard InChI is InChI=1S/C14H27NO/c1-10(11(2)16-3)15-14-9-13(14)12-7-5-4-6-8-12/h10-15H,4-9H2,1-3H3. The van der Waals surface area contributed by atoms with Gasteiger partial charge in [0.25, 0.3) is 0 Å². The molecule has 2 fully saturated rings. The third-order valence-corrected chi connectivity index (χ3v) is 4.65. The van der Waals surface area contributed by atoms with Crippen molar-refractivity contribution in [3.05, 3.63) is 0 Å². The zero-order valence-electron chi connectivity index (χ0n) is 11.0. The van der Waals surface area contributed by atoms with Gasteiger partial charge in [0.15, 0.2) is 0 Å². The van der Waals surface area contributed by atoms with Gasteiger partial charge >= 0.3 is 0 Å². The molecule has 94 valence electrons. The highest BCUT2D eigenvalue weighted by Crippen LogP contribution is 2.44. The molecule has 0 amide bonds. The molecule has 4 atom stereocenters. The molecule has 0 aromatic carbocycles. The lowest BCUT2D eigenvalue weighted by Gasteiger charge is -2.24. The average Bonchev–Trinajstić information content (AvgIpc) is 3.08. The Morgan fingerprint density at radius 1 is 1.12 bits per heavy atom. The Balaban J connectivity index is 1.70. The average molecular weight is 225 g/mol. The van der Waals surface area contributed by atoms with Gasteiger partial charge in [-0.1, -0.05) is 32.1 Å². The van der Waals surface area contributed by atoms with E-state index in [0.717, 1.165) is 17.9 Å². The van der Waals surface area contributed by atoms with Crippen LogP contribution in [0.2, 0.25) is 0 Å². The van der Waals surface area contributed by atoms with E-state index < -0.39 is 0 Å². The van der Waals surface area contributed by atoms with Crippen molar-refractivity contribution in [3.8, 4) is 0 Å². The number of ether oxygens (including phenoxy) is 1. The Morgan fingerprint density at radius 3 is 2.44 bits per heavy atom. The van der Waals surface area contributed by atoms with E-state index in [0.29, 0.717) is 12.1 Å². The van der Waals surface area contributed by atoms with Gasteiger partial charge in [0.1, 0.15) is 0 Å². The summed E-state index contributed by atoms with van der Waals surface area (Å²) in [4.78, 5) is 0. The summed E-state index contributed by atoms with van der Waals surface area (Å²) >= 11 is 0. The van der Waals surface area contributed by atoms with Gasteiger partial charge in [0, 0.05) is 19.2 Å². The minimum Gasteiger partial charge on any atom is -0.380 e. The highest BCUT2D eigenvalue weighted by Gasteiger charge is 2.43. The first-order valence-electron chi connectivity index (χ1n) is 7.01. The van der Waals surface area contributed by atoms with Crippen LogP contribution in [0.4, 0.5) is 0 Å². The second-order valence-corrected chi connectivity index (χ2v) is 5.80. The van der Waals surface area contributed by atoms with E-state index in [1.54, 1.807) is 7.11 Å². The van der Waals surface area contributed by atoms with E-state index in [1.165, 1.54) is 38.5 Å². The van der Waals surface area contributed by atoms with Crippen molar-refractivity contribution >= 4 is 0 Å². The van der Waals surface area contributed by atoms with Crippen molar-refractivity contribution in [2.75, 3.05) is 7.11 Å². The van der Waals surface area contributed by atoms with Crippen molar-refractivity contribution < 1.29 is 4.74 Å². The van der Waals surface area contributed by atoms with Gasteiger partial charge in [-0.3, -0.25) is 0 Å². The van der Waals surface area contributed by atoms with Crippen molar-refractivity contribution in [2.45, 2.75) is 70.6 Å². The number of hydrogen-bond donors (Lipinski definition) is 1. The van der Waals surface area contributed by atoms with Crippen molar-refractivity contribution in [3.63, 3.8) is 0 Å². The number of hydrogen-bond acceptors (Lipinski definition) is 2.